The van der Waals surface area contributed by atoms with Crippen LogP contribution in [0.4, 0.5) is 5.69 Å². The summed E-state index contributed by atoms with van der Waals surface area (Å²) in [4.78, 5) is 13.3. The fraction of sp³-hybridized carbons (Fsp3) is 0.158. The van der Waals surface area contributed by atoms with Crippen molar-refractivity contribution in [3.05, 3.63) is 72.8 Å². The number of hydrogen-bond donors (Lipinski definition) is 2. The molecule has 0 aliphatic carbocycles. The topological polar surface area (TPSA) is 131 Å². The quantitative estimate of drug-likeness (QED) is 0.513. The van der Waals surface area contributed by atoms with Crippen LogP contribution in [0.2, 0.25) is 0 Å². The highest BCUT2D eigenvalue weighted by Crippen LogP contribution is 2.48. The summed E-state index contributed by atoms with van der Waals surface area (Å²) in [5.41, 5.74) is 8.50. The van der Waals surface area contributed by atoms with Crippen LogP contribution >= 0.6 is 11.3 Å². The number of nitro benzene ring substituents is 1. The summed E-state index contributed by atoms with van der Waals surface area (Å²) in [6.07, 6.45) is 0. The number of rotatable bonds is 3. The highest BCUT2D eigenvalue weighted by molar-refractivity contribution is 7.12. The molecule has 1 atom stereocenters. The molecule has 0 saturated heterocycles. The number of benzene rings is 1. The number of thiophene rings is 1. The van der Waals surface area contributed by atoms with Crippen LogP contribution in [0.25, 0.3) is 11.3 Å². The minimum Gasteiger partial charge on any atom is -0.420 e. The minimum absolute atomic E-state index is 0.0914. The van der Waals surface area contributed by atoms with Gasteiger partial charge in [0.25, 0.3) is 5.69 Å². The SMILES string of the molecule is Cc1cc(-c2[nH]nc3c2[C@H](c2ccccc2[N+](=O)[O-])C(C#N)=C(N)O3)c(C)s1. The van der Waals surface area contributed by atoms with Gasteiger partial charge in [-0.15, -0.1) is 16.4 Å². The molecule has 3 N–H and O–H groups in total. The van der Waals surface area contributed by atoms with Crippen LogP contribution in [0.1, 0.15) is 26.8 Å². The van der Waals surface area contributed by atoms with E-state index in [1.54, 1.807) is 29.5 Å². The molecule has 0 saturated carbocycles. The summed E-state index contributed by atoms with van der Waals surface area (Å²) < 4.78 is 5.56. The van der Waals surface area contributed by atoms with Crippen LogP contribution < -0.4 is 10.5 Å². The first-order valence-corrected chi connectivity index (χ1v) is 9.20. The van der Waals surface area contributed by atoms with Crippen LogP contribution in [0.15, 0.2) is 41.8 Å². The lowest BCUT2D eigenvalue weighted by Gasteiger charge is -2.23. The third-order valence-electron chi connectivity index (χ3n) is 4.69. The second-order valence-electron chi connectivity index (χ2n) is 6.39. The zero-order chi connectivity index (χ0) is 20.0. The number of nitrogens with two attached hydrogens (primary N) is 1. The fourth-order valence-corrected chi connectivity index (χ4v) is 4.47. The Morgan fingerprint density at radius 2 is 2.14 bits per heavy atom. The molecule has 0 bridgehead atoms. The summed E-state index contributed by atoms with van der Waals surface area (Å²) in [5.74, 6) is -0.643. The largest absolute Gasteiger partial charge is 0.420 e. The predicted octanol–water partition coefficient (Wildman–Crippen LogP) is 3.88. The van der Waals surface area contributed by atoms with Gasteiger partial charge in [-0.05, 0) is 19.9 Å². The molecule has 3 aromatic rings. The Bertz CT molecular complexity index is 1180. The molecule has 9 heteroatoms. The summed E-state index contributed by atoms with van der Waals surface area (Å²) in [7, 11) is 0. The van der Waals surface area contributed by atoms with Crippen LogP contribution in [0.3, 0.4) is 0 Å². The highest BCUT2D eigenvalue weighted by Gasteiger charge is 2.39. The van der Waals surface area contributed by atoms with Gasteiger partial charge in [0, 0.05) is 26.9 Å². The van der Waals surface area contributed by atoms with E-state index < -0.39 is 10.8 Å². The average Bonchev–Trinajstić information content (AvgIpc) is 3.22. The van der Waals surface area contributed by atoms with Gasteiger partial charge in [-0.2, -0.15) is 5.26 Å². The first-order valence-electron chi connectivity index (χ1n) is 8.39. The predicted molar refractivity (Wildman–Crippen MR) is 104 cm³/mol. The highest BCUT2D eigenvalue weighted by atomic mass is 32.1. The molecular weight excluding hydrogens is 378 g/mol. The molecule has 1 aliphatic rings. The van der Waals surface area contributed by atoms with Crippen molar-refractivity contribution >= 4 is 17.0 Å². The summed E-state index contributed by atoms with van der Waals surface area (Å²) >= 11 is 1.63. The molecule has 1 aromatic carbocycles. The maximum Gasteiger partial charge on any atom is 0.273 e. The van der Waals surface area contributed by atoms with Crippen molar-refractivity contribution in [1.82, 2.24) is 10.2 Å². The van der Waals surface area contributed by atoms with Crippen molar-refractivity contribution in [2.24, 2.45) is 5.73 Å². The van der Waals surface area contributed by atoms with Gasteiger partial charge in [-0.25, -0.2) is 0 Å². The van der Waals surface area contributed by atoms with Gasteiger partial charge >= 0.3 is 0 Å². The third kappa shape index (κ3) is 2.62. The monoisotopic (exact) mass is 393 g/mol. The Labute approximate surface area is 164 Å². The number of aromatic nitrogens is 2. The van der Waals surface area contributed by atoms with E-state index >= 15 is 0 Å². The number of hydrogen-bond acceptors (Lipinski definition) is 7. The number of para-hydroxylation sites is 1. The second kappa shape index (κ2) is 6.51. The standard InChI is InChI=1S/C19H15N5O3S/c1-9-7-12(10(2)28-9)17-16-15(11-5-3-4-6-14(11)24(25)26)13(8-20)18(21)27-19(16)23-22-17/h3-7,15H,21H2,1-2H3,(H,22,23)/t15-/m1/s1. The minimum atomic E-state index is -0.760. The summed E-state index contributed by atoms with van der Waals surface area (Å²) in [6.45, 7) is 3.98. The normalized spacial score (nSPS) is 15.7. The number of aryl methyl sites for hydroxylation is 2. The molecule has 1 aliphatic heterocycles. The Morgan fingerprint density at radius 3 is 2.79 bits per heavy atom. The third-order valence-corrected chi connectivity index (χ3v) is 5.66. The molecular formula is C19H15N5O3S. The molecule has 0 fully saturated rings. The Balaban J connectivity index is 2.02. The fourth-order valence-electron chi connectivity index (χ4n) is 3.54. The molecule has 28 heavy (non-hydrogen) atoms. The van der Waals surface area contributed by atoms with E-state index in [1.165, 1.54) is 6.07 Å². The van der Waals surface area contributed by atoms with E-state index in [-0.39, 0.29) is 23.0 Å². The zero-order valence-corrected chi connectivity index (χ0v) is 15.8. The van der Waals surface area contributed by atoms with Gasteiger partial charge in [0.15, 0.2) is 0 Å². The van der Waals surface area contributed by atoms with Gasteiger partial charge in [-0.3, -0.25) is 15.2 Å². The number of ether oxygens (including phenoxy) is 1. The first kappa shape index (κ1) is 17.8. The van der Waals surface area contributed by atoms with Crippen molar-refractivity contribution in [2.45, 2.75) is 19.8 Å². The Kier molecular flexibility index (Phi) is 4.13. The first-order chi connectivity index (χ1) is 13.4. The number of nitriles is 1. The van der Waals surface area contributed by atoms with Crippen LogP contribution in [0.5, 0.6) is 5.88 Å². The van der Waals surface area contributed by atoms with Crippen molar-refractivity contribution in [2.75, 3.05) is 0 Å². The second-order valence-corrected chi connectivity index (χ2v) is 7.85. The van der Waals surface area contributed by atoms with Gasteiger partial charge in [0.05, 0.1) is 22.1 Å². The average molecular weight is 393 g/mol. The van der Waals surface area contributed by atoms with E-state index in [9.17, 15) is 15.4 Å². The van der Waals surface area contributed by atoms with Crippen LogP contribution in [0, 0.1) is 35.3 Å². The summed E-state index contributed by atoms with van der Waals surface area (Å²) in [5, 5.41) is 28.6. The molecule has 0 spiro atoms. The molecule has 140 valence electrons. The smallest absolute Gasteiger partial charge is 0.273 e. The Morgan fingerprint density at radius 1 is 1.39 bits per heavy atom. The number of fused-ring (bicyclic) bond motifs is 1. The molecule has 0 unspecified atom stereocenters. The van der Waals surface area contributed by atoms with E-state index in [0.29, 0.717) is 16.8 Å². The number of aromatic amines is 1. The van der Waals surface area contributed by atoms with Crippen molar-refractivity contribution in [1.29, 1.82) is 5.26 Å². The van der Waals surface area contributed by atoms with Crippen LogP contribution in [-0.4, -0.2) is 15.1 Å². The van der Waals surface area contributed by atoms with Crippen molar-refractivity contribution in [3.63, 3.8) is 0 Å². The number of nitro groups is 1. The van der Waals surface area contributed by atoms with Gasteiger partial charge in [0.2, 0.25) is 11.8 Å². The van der Waals surface area contributed by atoms with E-state index in [0.717, 1.165) is 15.3 Å². The number of H-pyrrole nitrogens is 1. The number of allylic oxidation sites excluding steroid dienone is 1. The van der Waals surface area contributed by atoms with Crippen LogP contribution in [-0.2, 0) is 0 Å². The van der Waals surface area contributed by atoms with Crippen molar-refractivity contribution < 1.29 is 9.66 Å². The van der Waals surface area contributed by atoms with E-state index in [4.69, 9.17) is 10.5 Å². The summed E-state index contributed by atoms with van der Waals surface area (Å²) in [6, 6.07) is 10.4. The number of nitrogens with zero attached hydrogens (tertiary/aromatic N) is 3. The molecule has 3 heterocycles. The van der Waals surface area contributed by atoms with Gasteiger partial charge < -0.3 is 10.5 Å². The van der Waals surface area contributed by atoms with Gasteiger partial charge in [0.1, 0.15) is 11.6 Å². The Hall–Kier alpha value is -3.64. The van der Waals surface area contributed by atoms with Gasteiger partial charge in [-0.1, -0.05) is 18.2 Å². The molecule has 0 radical (unpaired) electrons. The maximum atomic E-state index is 11.6. The molecule has 8 nitrogen and oxygen atoms in total. The van der Waals surface area contributed by atoms with E-state index in [1.807, 2.05) is 19.9 Å². The lowest BCUT2D eigenvalue weighted by Crippen LogP contribution is -2.21. The molecule has 0 amide bonds. The van der Waals surface area contributed by atoms with Crippen molar-refractivity contribution in [3.8, 4) is 23.2 Å². The number of nitrogens with one attached hydrogen (secondary N) is 1. The maximum absolute atomic E-state index is 11.6. The lowest BCUT2D eigenvalue weighted by molar-refractivity contribution is -0.385. The zero-order valence-electron chi connectivity index (χ0n) is 15.0. The molecule has 2 aromatic heterocycles. The molecule has 4 rings (SSSR count). The lowest BCUT2D eigenvalue weighted by atomic mass is 9.82. The van der Waals surface area contributed by atoms with E-state index in [2.05, 4.69) is 16.3 Å².